The molecular formula is C26H22N2O2. The predicted molar refractivity (Wildman–Crippen MR) is 121 cm³/mol. The van der Waals surface area contributed by atoms with Gasteiger partial charge in [0.1, 0.15) is 5.75 Å². The van der Waals surface area contributed by atoms with Crippen LogP contribution in [0.1, 0.15) is 28.4 Å². The second kappa shape index (κ2) is 8.62. The summed E-state index contributed by atoms with van der Waals surface area (Å²) in [5, 5.41) is 4.64. The van der Waals surface area contributed by atoms with Gasteiger partial charge in [0.2, 0.25) is 0 Å². The van der Waals surface area contributed by atoms with Crippen LogP contribution in [0.15, 0.2) is 85.1 Å². The van der Waals surface area contributed by atoms with E-state index >= 15 is 0 Å². The van der Waals surface area contributed by atoms with E-state index < -0.39 is 0 Å². The number of para-hydroxylation sites is 1. The topological polar surface area (TPSA) is 44.1 Å². The van der Waals surface area contributed by atoms with E-state index in [2.05, 4.69) is 17.3 Å². The Bertz CT molecular complexity index is 1170. The fourth-order valence-electron chi connectivity index (χ4n) is 3.30. The van der Waals surface area contributed by atoms with Crippen molar-refractivity contribution in [3.63, 3.8) is 0 Å². The van der Waals surface area contributed by atoms with Crippen LogP contribution >= 0.6 is 0 Å². The van der Waals surface area contributed by atoms with Crippen molar-refractivity contribution in [2.75, 3.05) is 7.11 Å². The maximum atomic E-state index is 11.7. The van der Waals surface area contributed by atoms with Crippen molar-refractivity contribution >= 4 is 17.9 Å². The molecule has 0 saturated heterocycles. The lowest BCUT2D eigenvalue weighted by molar-refractivity contribution is 0.101. The zero-order valence-corrected chi connectivity index (χ0v) is 16.9. The number of ketones is 1. The first kappa shape index (κ1) is 19.4. The van der Waals surface area contributed by atoms with E-state index in [0.29, 0.717) is 5.56 Å². The molecule has 1 aromatic heterocycles. The molecule has 30 heavy (non-hydrogen) atoms. The fraction of sp³-hybridized carbons (Fsp3) is 0.0769. The highest BCUT2D eigenvalue weighted by atomic mass is 16.5. The molecule has 0 spiro atoms. The van der Waals surface area contributed by atoms with Gasteiger partial charge in [-0.2, -0.15) is 5.10 Å². The average Bonchev–Trinajstić information content (AvgIpc) is 3.22. The van der Waals surface area contributed by atoms with Crippen LogP contribution in [0.3, 0.4) is 0 Å². The Hall–Kier alpha value is -3.92. The molecule has 3 aromatic carbocycles. The van der Waals surface area contributed by atoms with E-state index in [1.165, 1.54) is 0 Å². The first-order valence-corrected chi connectivity index (χ1v) is 9.72. The molecule has 148 valence electrons. The van der Waals surface area contributed by atoms with Gasteiger partial charge < -0.3 is 4.74 Å². The molecule has 4 heteroatoms. The van der Waals surface area contributed by atoms with Gasteiger partial charge in [0.15, 0.2) is 5.78 Å². The second-order valence-electron chi connectivity index (χ2n) is 6.94. The summed E-state index contributed by atoms with van der Waals surface area (Å²) in [6.07, 6.45) is 5.98. The molecule has 0 aliphatic carbocycles. The molecule has 0 fully saturated rings. The third kappa shape index (κ3) is 4.08. The molecule has 4 rings (SSSR count). The van der Waals surface area contributed by atoms with Crippen LogP contribution in [-0.4, -0.2) is 22.7 Å². The van der Waals surface area contributed by atoms with Crippen molar-refractivity contribution in [2.24, 2.45) is 0 Å². The van der Waals surface area contributed by atoms with E-state index in [1.807, 2.05) is 89.7 Å². The Labute approximate surface area is 176 Å². The lowest BCUT2D eigenvalue weighted by Gasteiger charge is -2.10. The lowest BCUT2D eigenvalue weighted by Crippen LogP contribution is -1.99. The molecule has 0 aliphatic heterocycles. The molecule has 0 unspecified atom stereocenters. The maximum absolute atomic E-state index is 11.7. The van der Waals surface area contributed by atoms with Crippen molar-refractivity contribution in [2.45, 2.75) is 6.92 Å². The van der Waals surface area contributed by atoms with Gasteiger partial charge in [-0.25, -0.2) is 4.68 Å². The van der Waals surface area contributed by atoms with Crippen molar-refractivity contribution in [1.82, 2.24) is 9.78 Å². The molecule has 0 aliphatic rings. The third-order valence-corrected chi connectivity index (χ3v) is 4.93. The maximum Gasteiger partial charge on any atom is 0.159 e. The Morgan fingerprint density at radius 2 is 1.60 bits per heavy atom. The first-order chi connectivity index (χ1) is 14.7. The van der Waals surface area contributed by atoms with Crippen LogP contribution < -0.4 is 4.74 Å². The van der Waals surface area contributed by atoms with Gasteiger partial charge in [0.05, 0.1) is 24.7 Å². The van der Waals surface area contributed by atoms with Gasteiger partial charge in [-0.15, -0.1) is 0 Å². The quantitative estimate of drug-likeness (QED) is 0.381. The smallest absolute Gasteiger partial charge is 0.159 e. The van der Waals surface area contributed by atoms with Gasteiger partial charge in [0.25, 0.3) is 0 Å². The molecule has 0 atom stereocenters. The summed E-state index contributed by atoms with van der Waals surface area (Å²) in [6.45, 7) is 1.58. The van der Waals surface area contributed by atoms with Gasteiger partial charge >= 0.3 is 0 Å². The largest absolute Gasteiger partial charge is 0.497 e. The number of Topliss-reactive ketones (excluding diaryl/α,β-unsaturated/α-hetero) is 1. The van der Waals surface area contributed by atoms with Gasteiger partial charge in [-0.1, -0.05) is 66.7 Å². The standard InChI is InChI=1S/C26H22N2O2/c1-19(29)21-12-14-22(15-13-21)26-23(11-8-20-9-16-25(30-2)17-10-20)18-27-28(26)24-6-4-3-5-7-24/h3-18H,1-2H3/b11-8+. The number of carbonyl (C=O) groups is 1. The molecular weight excluding hydrogens is 372 g/mol. The van der Waals surface area contributed by atoms with Crippen LogP contribution in [0.4, 0.5) is 0 Å². The number of nitrogens with zero attached hydrogens (tertiary/aromatic N) is 2. The van der Waals surface area contributed by atoms with Crippen LogP contribution in [-0.2, 0) is 0 Å². The molecule has 4 aromatic rings. The van der Waals surface area contributed by atoms with Gasteiger partial charge in [-0.3, -0.25) is 4.79 Å². The van der Waals surface area contributed by atoms with Crippen LogP contribution in [0.2, 0.25) is 0 Å². The van der Waals surface area contributed by atoms with Gasteiger partial charge in [0, 0.05) is 16.7 Å². The number of benzene rings is 3. The number of ether oxygens (including phenoxy) is 1. The summed E-state index contributed by atoms with van der Waals surface area (Å²) in [6, 6.07) is 25.6. The first-order valence-electron chi connectivity index (χ1n) is 9.72. The van der Waals surface area contributed by atoms with Crippen molar-refractivity contribution in [3.8, 4) is 22.7 Å². The fourth-order valence-corrected chi connectivity index (χ4v) is 3.30. The second-order valence-corrected chi connectivity index (χ2v) is 6.94. The zero-order chi connectivity index (χ0) is 20.9. The van der Waals surface area contributed by atoms with Crippen LogP contribution in [0, 0.1) is 0 Å². The van der Waals surface area contributed by atoms with Crippen LogP contribution in [0.5, 0.6) is 5.75 Å². The highest BCUT2D eigenvalue weighted by Gasteiger charge is 2.13. The summed E-state index contributed by atoms with van der Waals surface area (Å²) in [4.78, 5) is 11.7. The average molecular weight is 394 g/mol. The normalized spacial score (nSPS) is 11.0. The highest BCUT2D eigenvalue weighted by Crippen LogP contribution is 2.29. The Kier molecular flexibility index (Phi) is 5.57. The SMILES string of the molecule is COc1ccc(/C=C/c2cnn(-c3ccccc3)c2-c2ccc(C(C)=O)cc2)cc1. The van der Waals surface area contributed by atoms with E-state index in [4.69, 9.17) is 4.74 Å². The predicted octanol–water partition coefficient (Wildman–Crippen LogP) is 5.92. The summed E-state index contributed by atoms with van der Waals surface area (Å²) in [7, 11) is 1.66. The minimum absolute atomic E-state index is 0.0535. The summed E-state index contributed by atoms with van der Waals surface area (Å²) >= 11 is 0. The van der Waals surface area contributed by atoms with Gasteiger partial charge in [-0.05, 0) is 36.8 Å². The Balaban J connectivity index is 1.77. The summed E-state index contributed by atoms with van der Waals surface area (Å²) < 4.78 is 7.15. The molecule has 0 bridgehead atoms. The lowest BCUT2D eigenvalue weighted by atomic mass is 10.0. The Morgan fingerprint density at radius 1 is 0.900 bits per heavy atom. The number of hydrogen-bond donors (Lipinski definition) is 0. The third-order valence-electron chi connectivity index (χ3n) is 4.93. The molecule has 0 amide bonds. The minimum Gasteiger partial charge on any atom is -0.497 e. The number of rotatable bonds is 6. The Morgan fingerprint density at radius 3 is 2.23 bits per heavy atom. The molecule has 4 nitrogen and oxygen atoms in total. The van der Waals surface area contributed by atoms with E-state index in [9.17, 15) is 4.79 Å². The zero-order valence-electron chi connectivity index (χ0n) is 16.9. The monoisotopic (exact) mass is 394 g/mol. The van der Waals surface area contributed by atoms with Crippen molar-refractivity contribution in [1.29, 1.82) is 0 Å². The molecule has 0 radical (unpaired) electrons. The van der Waals surface area contributed by atoms with Crippen LogP contribution in [0.25, 0.3) is 29.1 Å². The van der Waals surface area contributed by atoms with E-state index in [0.717, 1.165) is 33.8 Å². The molecule has 1 heterocycles. The number of hydrogen-bond acceptors (Lipinski definition) is 3. The van der Waals surface area contributed by atoms with E-state index in [1.54, 1.807) is 14.0 Å². The molecule has 0 saturated carbocycles. The van der Waals surface area contributed by atoms with E-state index in [-0.39, 0.29) is 5.78 Å². The number of methoxy groups -OCH3 is 1. The molecule has 0 N–H and O–H groups in total. The van der Waals surface area contributed by atoms with Crippen molar-refractivity contribution in [3.05, 3.63) is 102 Å². The van der Waals surface area contributed by atoms with Crippen molar-refractivity contribution < 1.29 is 9.53 Å². The highest BCUT2D eigenvalue weighted by molar-refractivity contribution is 5.94. The number of aromatic nitrogens is 2. The summed E-state index contributed by atoms with van der Waals surface area (Å²) in [5.41, 5.74) is 5.70. The summed E-state index contributed by atoms with van der Waals surface area (Å²) in [5.74, 6) is 0.882. The minimum atomic E-state index is 0.0535. The number of carbonyl (C=O) groups excluding carboxylic acids is 1.